The summed E-state index contributed by atoms with van der Waals surface area (Å²) in [6.45, 7) is 2.54. The number of nitrogens with one attached hydrogen (secondary N) is 3. The lowest BCUT2D eigenvalue weighted by molar-refractivity contribution is -0.127. The minimum Gasteiger partial charge on any atom is -0.468 e. The second-order valence-electron chi connectivity index (χ2n) is 10.2. The Balaban J connectivity index is 0.00000220. The Morgan fingerprint density at radius 2 is 1.75 bits per heavy atom. The number of halogens is 2. The summed E-state index contributed by atoms with van der Waals surface area (Å²) in [6.07, 6.45) is 4.37. The molecule has 2 atom stereocenters. The Bertz CT molecular complexity index is 1350. The van der Waals surface area contributed by atoms with Crippen LogP contribution in [0.1, 0.15) is 29.7 Å². The van der Waals surface area contributed by atoms with E-state index in [0.29, 0.717) is 24.6 Å². The maximum Gasteiger partial charge on any atom is 0.321 e. The zero-order valence-electron chi connectivity index (χ0n) is 22.4. The lowest BCUT2D eigenvalue weighted by Gasteiger charge is -2.36. The van der Waals surface area contributed by atoms with Crippen LogP contribution in [0, 0.1) is 0 Å². The zero-order chi connectivity index (χ0) is 26.6. The fraction of sp³-hybridized carbons (Fsp3) is 0.393. The van der Waals surface area contributed by atoms with Crippen LogP contribution in [0.2, 0.25) is 0 Å². The first-order chi connectivity index (χ1) is 18.3. The van der Waals surface area contributed by atoms with Crippen molar-refractivity contribution >= 4 is 46.4 Å². The Morgan fingerprint density at radius 3 is 2.42 bits per heavy atom. The topological polar surface area (TPSA) is 110 Å². The van der Waals surface area contributed by atoms with Gasteiger partial charge in [0.2, 0.25) is 0 Å². The monoisotopic (exact) mass is 611 g/mol. The SMILES string of the molecule is CS(=O)(=O)[N+]1(NC(=O)C(COCc2ccccc2)NCc2ccco2)CC2(CCNCC2)c2ccccc21.Cl.Cl. The van der Waals surface area contributed by atoms with Crippen molar-refractivity contribution in [3.8, 4) is 0 Å². The van der Waals surface area contributed by atoms with Crippen LogP contribution >= 0.6 is 24.8 Å². The van der Waals surface area contributed by atoms with Crippen LogP contribution in [0.15, 0.2) is 77.4 Å². The molecule has 2 aliphatic heterocycles. The number of fused-ring (bicyclic) bond motifs is 2. The van der Waals surface area contributed by atoms with E-state index >= 15 is 0 Å². The van der Waals surface area contributed by atoms with Crippen LogP contribution in [-0.4, -0.2) is 52.9 Å². The lowest BCUT2D eigenvalue weighted by Crippen LogP contribution is -2.68. The summed E-state index contributed by atoms with van der Waals surface area (Å²) >= 11 is 0. The van der Waals surface area contributed by atoms with Crippen molar-refractivity contribution in [2.45, 2.75) is 37.5 Å². The van der Waals surface area contributed by atoms with E-state index in [2.05, 4.69) is 16.1 Å². The molecule has 40 heavy (non-hydrogen) atoms. The molecule has 0 aliphatic carbocycles. The maximum absolute atomic E-state index is 13.9. The molecule has 9 nitrogen and oxygen atoms in total. The van der Waals surface area contributed by atoms with Gasteiger partial charge >= 0.3 is 10.0 Å². The summed E-state index contributed by atoms with van der Waals surface area (Å²) < 4.78 is 37.8. The molecule has 3 N–H and O–H groups in total. The number of nitrogens with zero attached hydrogens (tertiary/aromatic N) is 1. The third-order valence-electron chi connectivity index (χ3n) is 7.62. The number of sulfonamides is 1. The summed E-state index contributed by atoms with van der Waals surface area (Å²) in [7, 11) is -3.81. The summed E-state index contributed by atoms with van der Waals surface area (Å²) in [5.41, 5.74) is 5.21. The van der Waals surface area contributed by atoms with Gasteiger partial charge in [-0.2, -0.15) is 13.8 Å². The highest BCUT2D eigenvalue weighted by atomic mass is 35.5. The smallest absolute Gasteiger partial charge is 0.321 e. The molecule has 2 unspecified atom stereocenters. The number of benzene rings is 2. The predicted molar refractivity (Wildman–Crippen MR) is 160 cm³/mol. The van der Waals surface area contributed by atoms with Crippen LogP contribution in [0.25, 0.3) is 0 Å². The molecule has 0 saturated carbocycles. The van der Waals surface area contributed by atoms with E-state index in [9.17, 15) is 13.2 Å². The molecule has 218 valence electrons. The quantitative estimate of drug-likeness (QED) is 0.301. The van der Waals surface area contributed by atoms with Crippen molar-refractivity contribution in [1.82, 2.24) is 20.1 Å². The average Bonchev–Trinajstić information content (AvgIpc) is 3.53. The molecule has 1 amide bonds. The molecule has 0 radical (unpaired) electrons. The van der Waals surface area contributed by atoms with Crippen molar-refractivity contribution in [1.29, 1.82) is 0 Å². The summed E-state index contributed by atoms with van der Waals surface area (Å²) in [5.74, 6) is 0.217. The van der Waals surface area contributed by atoms with Gasteiger partial charge in [0.1, 0.15) is 18.3 Å². The van der Waals surface area contributed by atoms with Gasteiger partial charge in [0.15, 0.2) is 5.69 Å². The minimum atomic E-state index is -3.81. The molecule has 1 fully saturated rings. The maximum atomic E-state index is 13.9. The number of quaternary nitrogens is 1. The largest absolute Gasteiger partial charge is 0.468 e. The number of para-hydroxylation sites is 1. The molecule has 3 heterocycles. The molecule has 1 aromatic heterocycles. The number of amides is 1. The molecule has 2 aliphatic rings. The number of hydrogen-bond acceptors (Lipinski definition) is 7. The first kappa shape index (κ1) is 32.1. The third-order valence-corrected chi connectivity index (χ3v) is 9.17. The van der Waals surface area contributed by atoms with Gasteiger partial charge in [-0.05, 0) is 43.6 Å². The van der Waals surface area contributed by atoms with E-state index in [1.54, 1.807) is 12.3 Å². The van der Waals surface area contributed by atoms with Gasteiger partial charge < -0.3 is 14.5 Å². The number of furan rings is 1. The van der Waals surface area contributed by atoms with Crippen molar-refractivity contribution in [3.05, 3.63) is 89.9 Å². The van der Waals surface area contributed by atoms with Gasteiger partial charge in [0.25, 0.3) is 5.91 Å². The van der Waals surface area contributed by atoms with Gasteiger partial charge in [0, 0.05) is 11.6 Å². The minimum absolute atomic E-state index is 0. The number of piperidine rings is 1. The Kier molecular flexibility index (Phi) is 10.8. The fourth-order valence-electron chi connectivity index (χ4n) is 5.63. The average molecular weight is 613 g/mol. The number of hydrogen-bond donors (Lipinski definition) is 3. The van der Waals surface area contributed by atoms with E-state index in [1.165, 1.54) is 6.26 Å². The molecule has 0 bridgehead atoms. The van der Waals surface area contributed by atoms with E-state index in [0.717, 1.165) is 37.1 Å². The summed E-state index contributed by atoms with van der Waals surface area (Å²) in [6, 6.07) is 20.1. The number of rotatable bonds is 10. The Labute approximate surface area is 248 Å². The highest BCUT2D eigenvalue weighted by Crippen LogP contribution is 2.50. The van der Waals surface area contributed by atoms with Crippen molar-refractivity contribution < 1.29 is 22.4 Å². The van der Waals surface area contributed by atoms with E-state index in [-0.39, 0.29) is 43.4 Å². The molecule has 1 saturated heterocycles. The molecule has 3 aromatic rings. The third kappa shape index (κ3) is 6.54. The van der Waals surface area contributed by atoms with Gasteiger partial charge in [-0.25, -0.2) is 0 Å². The van der Waals surface area contributed by atoms with Crippen molar-refractivity contribution in [2.75, 3.05) is 32.5 Å². The Hall–Kier alpha value is -2.44. The molecule has 1 spiro atoms. The van der Waals surface area contributed by atoms with E-state index in [4.69, 9.17) is 9.15 Å². The second-order valence-corrected chi connectivity index (χ2v) is 12.3. The van der Waals surface area contributed by atoms with Gasteiger partial charge in [-0.15, -0.1) is 24.8 Å². The number of ether oxygens (including phenoxy) is 1. The lowest BCUT2D eigenvalue weighted by atomic mass is 9.75. The van der Waals surface area contributed by atoms with E-state index in [1.807, 2.05) is 60.7 Å². The molecular formula is C28H37Cl2N4O5S+. The highest BCUT2D eigenvalue weighted by molar-refractivity contribution is 7.90. The highest BCUT2D eigenvalue weighted by Gasteiger charge is 2.60. The predicted octanol–water partition coefficient (Wildman–Crippen LogP) is 3.43. The fourth-order valence-corrected chi connectivity index (χ4v) is 6.89. The second kappa shape index (κ2) is 13.5. The van der Waals surface area contributed by atoms with Crippen LogP contribution < -0.4 is 20.1 Å². The first-order valence-electron chi connectivity index (χ1n) is 12.9. The summed E-state index contributed by atoms with van der Waals surface area (Å²) in [4.78, 5) is 13.9. The van der Waals surface area contributed by atoms with Gasteiger partial charge in [-0.1, -0.05) is 52.5 Å². The Morgan fingerprint density at radius 1 is 1.05 bits per heavy atom. The van der Waals surface area contributed by atoms with Crippen LogP contribution in [-0.2, 0) is 38.1 Å². The van der Waals surface area contributed by atoms with Crippen molar-refractivity contribution in [3.63, 3.8) is 0 Å². The molecular weight excluding hydrogens is 575 g/mol. The van der Waals surface area contributed by atoms with E-state index < -0.39 is 26.0 Å². The standard InChI is InChI=1S/C28H34N4O5S.2ClH/c1-38(34,35)32(21-28(13-15-29-16-14-28)24-11-5-6-12-26(24)32)31-27(33)25(30-18-23-10-7-17-37-23)20-36-19-22-8-3-2-4-9-22;;/h2-12,17,25,29-30H,13-16,18-21H2,1H3;2*1H/p+1. The molecule has 12 heteroatoms. The first-order valence-corrected chi connectivity index (χ1v) is 14.8. The number of carbonyl (C=O) groups is 1. The van der Waals surface area contributed by atoms with Gasteiger partial charge in [-0.3, -0.25) is 10.1 Å². The van der Waals surface area contributed by atoms with Crippen LogP contribution in [0.3, 0.4) is 0 Å². The zero-order valence-corrected chi connectivity index (χ0v) is 24.8. The van der Waals surface area contributed by atoms with Gasteiger partial charge in [0.05, 0.1) is 37.7 Å². The molecule has 2 aromatic carbocycles. The van der Waals surface area contributed by atoms with Crippen LogP contribution in [0.4, 0.5) is 5.69 Å². The van der Waals surface area contributed by atoms with Crippen molar-refractivity contribution in [2.24, 2.45) is 0 Å². The summed E-state index contributed by atoms with van der Waals surface area (Å²) in [5, 5.41) is 6.58. The van der Waals surface area contributed by atoms with Crippen LogP contribution in [0.5, 0.6) is 0 Å². The normalized spacial score (nSPS) is 20.1. The number of carbonyl (C=O) groups excluding carboxylic acids is 1. The molecule has 5 rings (SSSR count).